The molecule has 0 bridgehead atoms. The second-order valence-corrected chi connectivity index (χ2v) is 4.67. The molecule has 19 heavy (non-hydrogen) atoms. The summed E-state index contributed by atoms with van der Waals surface area (Å²) < 4.78 is 0. The van der Waals surface area contributed by atoms with E-state index in [1.807, 2.05) is 4.90 Å². The Labute approximate surface area is 112 Å². The molecule has 0 aromatic rings. The summed E-state index contributed by atoms with van der Waals surface area (Å²) in [6.07, 6.45) is 3.51. The summed E-state index contributed by atoms with van der Waals surface area (Å²) >= 11 is 0. The number of likely N-dealkylation sites (tertiary alicyclic amines) is 1. The van der Waals surface area contributed by atoms with Gasteiger partial charge in [0.25, 0.3) is 0 Å². The molecule has 1 fully saturated rings. The molecule has 0 atom stereocenters. The van der Waals surface area contributed by atoms with Crippen LogP contribution in [0.4, 0.5) is 4.79 Å². The minimum Gasteiger partial charge on any atom is -0.480 e. The number of carbonyl (C=O) groups is 3. The van der Waals surface area contributed by atoms with Gasteiger partial charge in [0.15, 0.2) is 0 Å². The van der Waals surface area contributed by atoms with Gasteiger partial charge in [0.1, 0.15) is 6.54 Å². The van der Waals surface area contributed by atoms with Gasteiger partial charge in [-0.2, -0.15) is 0 Å². The highest BCUT2D eigenvalue weighted by molar-refractivity contribution is 5.81. The van der Waals surface area contributed by atoms with Crippen molar-refractivity contribution in [2.45, 2.75) is 25.7 Å². The van der Waals surface area contributed by atoms with E-state index in [1.54, 1.807) is 0 Å². The van der Waals surface area contributed by atoms with Crippen LogP contribution in [0.25, 0.3) is 0 Å². The standard InChI is InChI=1S/C12H21N3O4/c1-14(9-11(17)18)12(19)13-6-5-10(16)15-7-3-2-4-8-15/h2-9H2,1H3,(H,13,19)(H,17,18). The molecule has 1 heterocycles. The number of amides is 3. The highest BCUT2D eigenvalue weighted by atomic mass is 16.4. The topological polar surface area (TPSA) is 90.0 Å². The molecule has 1 aliphatic heterocycles. The number of likely N-dealkylation sites (N-methyl/N-ethyl adjacent to an activating group) is 1. The Bertz CT molecular complexity index is 340. The fourth-order valence-electron chi connectivity index (χ4n) is 1.99. The number of carbonyl (C=O) groups excluding carboxylic acids is 2. The molecule has 0 aliphatic carbocycles. The second-order valence-electron chi connectivity index (χ2n) is 4.67. The first-order valence-electron chi connectivity index (χ1n) is 6.49. The predicted octanol–water partition coefficient (Wildman–Crippen LogP) is 0.115. The molecule has 1 rings (SSSR count). The maximum absolute atomic E-state index is 11.8. The summed E-state index contributed by atoms with van der Waals surface area (Å²) in [6, 6.07) is -0.478. The number of nitrogens with one attached hydrogen (secondary N) is 1. The average molecular weight is 271 g/mol. The summed E-state index contributed by atoms with van der Waals surface area (Å²) in [6.45, 7) is 1.47. The molecule has 0 saturated carbocycles. The fraction of sp³-hybridized carbons (Fsp3) is 0.750. The van der Waals surface area contributed by atoms with Gasteiger partial charge in [-0.3, -0.25) is 9.59 Å². The van der Waals surface area contributed by atoms with Crippen molar-refractivity contribution in [3.63, 3.8) is 0 Å². The first kappa shape index (κ1) is 15.3. The maximum Gasteiger partial charge on any atom is 0.323 e. The van der Waals surface area contributed by atoms with Crippen molar-refractivity contribution in [2.75, 3.05) is 33.2 Å². The molecule has 0 spiro atoms. The van der Waals surface area contributed by atoms with E-state index in [9.17, 15) is 14.4 Å². The van der Waals surface area contributed by atoms with Crippen LogP contribution >= 0.6 is 0 Å². The van der Waals surface area contributed by atoms with Gasteiger partial charge in [-0.05, 0) is 19.3 Å². The van der Waals surface area contributed by atoms with Crippen molar-refractivity contribution in [3.05, 3.63) is 0 Å². The van der Waals surface area contributed by atoms with Crippen LogP contribution in [0.3, 0.4) is 0 Å². The van der Waals surface area contributed by atoms with E-state index in [1.165, 1.54) is 13.5 Å². The van der Waals surface area contributed by atoms with Gasteiger partial charge >= 0.3 is 12.0 Å². The second kappa shape index (κ2) is 7.60. The lowest BCUT2D eigenvalue weighted by atomic mass is 10.1. The van der Waals surface area contributed by atoms with Crippen molar-refractivity contribution in [3.8, 4) is 0 Å². The van der Waals surface area contributed by atoms with Crippen LogP contribution in [0.15, 0.2) is 0 Å². The zero-order valence-electron chi connectivity index (χ0n) is 11.2. The lowest BCUT2D eigenvalue weighted by molar-refractivity contribution is -0.137. The Morgan fingerprint density at radius 1 is 1.21 bits per heavy atom. The molecule has 3 amide bonds. The third-order valence-electron chi connectivity index (χ3n) is 3.04. The monoisotopic (exact) mass is 271 g/mol. The normalized spacial score (nSPS) is 14.9. The van der Waals surface area contributed by atoms with Gasteiger partial charge in [-0.25, -0.2) is 4.79 Å². The van der Waals surface area contributed by atoms with Crippen LogP contribution in [0.5, 0.6) is 0 Å². The van der Waals surface area contributed by atoms with Crippen LogP contribution in [-0.2, 0) is 9.59 Å². The SMILES string of the molecule is CN(CC(=O)O)C(=O)NCCC(=O)N1CCCCC1. The smallest absolute Gasteiger partial charge is 0.323 e. The van der Waals surface area contributed by atoms with Crippen molar-refractivity contribution in [2.24, 2.45) is 0 Å². The summed E-state index contributed by atoms with van der Waals surface area (Å²) in [4.78, 5) is 36.6. The van der Waals surface area contributed by atoms with E-state index in [2.05, 4.69) is 5.32 Å². The molecule has 0 aromatic carbocycles. The fourth-order valence-corrected chi connectivity index (χ4v) is 1.99. The molecule has 108 valence electrons. The maximum atomic E-state index is 11.8. The molecular formula is C12H21N3O4. The van der Waals surface area contributed by atoms with E-state index in [0.29, 0.717) is 0 Å². The van der Waals surface area contributed by atoms with E-state index in [-0.39, 0.29) is 25.4 Å². The molecule has 2 N–H and O–H groups in total. The number of carboxylic acid groups (broad SMARTS) is 1. The highest BCUT2D eigenvalue weighted by Crippen LogP contribution is 2.09. The third kappa shape index (κ3) is 5.58. The number of carboxylic acids is 1. The molecule has 0 unspecified atom stereocenters. The van der Waals surface area contributed by atoms with Crippen LogP contribution in [-0.4, -0.2) is 66.0 Å². The Kier molecular flexibility index (Phi) is 6.11. The van der Waals surface area contributed by atoms with Crippen LogP contribution < -0.4 is 5.32 Å². The first-order valence-corrected chi connectivity index (χ1v) is 6.49. The number of urea groups is 1. The summed E-state index contributed by atoms with van der Waals surface area (Å²) in [5.74, 6) is -1.03. The van der Waals surface area contributed by atoms with E-state index < -0.39 is 12.0 Å². The molecular weight excluding hydrogens is 250 g/mol. The predicted molar refractivity (Wildman–Crippen MR) is 68.7 cm³/mol. The van der Waals surface area contributed by atoms with Crippen LogP contribution in [0, 0.1) is 0 Å². The van der Waals surface area contributed by atoms with Crippen molar-refractivity contribution in [1.82, 2.24) is 15.1 Å². The molecule has 7 nitrogen and oxygen atoms in total. The number of piperidine rings is 1. The Morgan fingerprint density at radius 2 is 1.84 bits per heavy atom. The minimum absolute atomic E-state index is 0.0425. The summed E-state index contributed by atoms with van der Waals surface area (Å²) in [7, 11) is 1.40. The zero-order valence-corrected chi connectivity index (χ0v) is 11.2. The van der Waals surface area contributed by atoms with Gasteiger partial charge in [0.05, 0.1) is 0 Å². The van der Waals surface area contributed by atoms with Crippen LogP contribution in [0.2, 0.25) is 0 Å². The molecule has 1 aliphatic rings. The van der Waals surface area contributed by atoms with Gasteiger partial charge in [-0.15, -0.1) is 0 Å². The number of rotatable bonds is 5. The molecule has 7 heteroatoms. The summed E-state index contributed by atoms with van der Waals surface area (Å²) in [5.41, 5.74) is 0. The minimum atomic E-state index is -1.07. The average Bonchev–Trinajstić information content (AvgIpc) is 2.38. The van der Waals surface area contributed by atoms with Crippen molar-refractivity contribution < 1.29 is 19.5 Å². The van der Waals surface area contributed by atoms with Gasteiger partial charge < -0.3 is 20.2 Å². The van der Waals surface area contributed by atoms with Crippen LogP contribution in [0.1, 0.15) is 25.7 Å². The number of hydrogen-bond acceptors (Lipinski definition) is 3. The third-order valence-corrected chi connectivity index (χ3v) is 3.04. The molecule has 0 radical (unpaired) electrons. The van der Waals surface area contributed by atoms with Crippen molar-refractivity contribution >= 4 is 17.9 Å². The van der Waals surface area contributed by atoms with Crippen molar-refractivity contribution in [1.29, 1.82) is 0 Å². The van der Waals surface area contributed by atoms with Gasteiger partial charge in [-0.1, -0.05) is 0 Å². The zero-order chi connectivity index (χ0) is 14.3. The number of hydrogen-bond donors (Lipinski definition) is 2. The number of nitrogens with zero attached hydrogens (tertiary/aromatic N) is 2. The van der Waals surface area contributed by atoms with Gasteiger partial charge in [0, 0.05) is 33.1 Å². The highest BCUT2D eigenvalue weighted by Gasteiger charge is 2.17. The van der Waals surface area contributed by atoms with E-state index in [0.717, 1.165) is 30.8 Å². The molecule has 0 aromatic heterocycles. The lowest BCUT2D eigenvalue weighted by Gasteiger charge is -2.26. The first-order chi connectivity index (χ1) is 9.00. The Balaban J connectivity index is 2.20. The quantitative estimate of drug-likeness (QED) is 0.743. The summed E-state index contributed by atoms with van der Waals surface area (Å²) in [5, 5.41) is 11.1. The lowest BCUT2D eigenvalue weighted by Crippen LogP contribution is -2.42. The van der Waals surface area contributed by atoms with E-state index in [4.69, 9.17) is 5.11 Å². The Hall–Kier alpha value is -1.79. The van der Waals surface area contributed by atoms with Gasteiger partial charge in [0.2, 0.25) is 5.91 Å². The largest absolute Gasteiger partial charge is 0.480 e. The Morgan fingerprint density at radius 3 is 2.42 bits per heavy atom. The van der Waals surface area contributed by atoms with E-state index >= 15 is 0 Å². The molecule has 1 saturated heterocycles. The number of aliphatic carboxylic acids is 1.